The second-order valence-corrected chi connectivity index (χ2v) is 5.40. The summed E-state index contributed by atoms with van der Waals surface area (Å²) in [5.74, 6) is 0. The van der Waals surface area contributed by atoms with Gasteiger partial charge in [-0.3, -0.25) is 15.0 Å². The van der Waals surface area contributed by atoms with Crippen LogP contribution in [0.2, 0.25) is 0 Å². The van der Waals surface area contributed by atoms with Crippen LogP contribution < -0.4 is 0 Å². The van der Waals surface area contributed by atoms with Crippen molar-refractivity contribution >= 4 is 5.69 Å². The molecule has 0 aliphatic carbocycles. The molecule has 0 N–H and O–H groups in total. The smallest absolute Gasteiger partial charge is 0.269 e. The maximum absolute atomic E-state index is 10.6. The standard InChI is InChI=1S/C14H22N2O2.C3H8/c1-4-6-13(5-2)15(3)11-12-7-9-14(10-8-12)16(17)18;1-3-2/h7-10,13H,4-6,11H2,1-3H3;3H2,1-2H3. The van der Waals surface area contributed by atoms with E-state index in [1.165, 1.54) is 19.3 Å². The third kappa shape index (κ3) is 7.81. The maximum atomic E-state index is 10.6. The Kier molecular flexibility index (Phi) is 10.5. The Morgan fingerprint density at radius 2 is 1.67 bits per heavy atom. The molecule has 1 aromatic carbocycles. The summed E-state index contributed by atoms with van der Waals surface area (Å²) in [5.41, 5.74) is 1.28. The molecule has 0 aliphatic heterocycles. The van der Waals surface area contributed by atoms with Crippen molar-refractivity contribution in [2.75, 3.05) is 7.05 Å². The highest BCUT2D eigenvalue weighted by atomic mass is 16.6. The lowest BCUT2D eigenvalue weighted by atomic mass is 10.1. The largest absolute Gasteiger partial charge is 0.299 e. The van der Waals surface area contributed by atoms with Crippen LogP contribution >= 0.6 is 0 Å². The predicted molar refractivity (Wildman–Crippen MR) is 89.5 cm³/mol. The number of benzene rings is 1. The van der Waals surface area contributed by atoms with Gasteiger partial charge in [0, 0.05) is 24.7 Å². The summed E-state index contributed by atoms with van der Waals surface area (Å²) in [5, 5.41) is 10.6. The van der Waals surface area contributed by atoms with Crippen molar-refractivity contribution < 1.29 is 4.92 Å². The molecule has 1 unspecified atom stereocenters. The second kappa shape index (κ2) is 11.3. The summed E-state index contributed by atoms with van der Waals surface area (Å²) in [7, 11) is 2.12. The summed E-state index contributed by atoms with van der Waals surface area (Å²) in [6, 6.07) is 7.42. The van der Waals surface area contributed by atoms with Crippen LogP contribution in [0.3, 0.4) is 0 Å². The monoisotopic (exact) mass is 294 g/mol. The molecule has 0 bridgehead atoms. The Balaban J connectivity index is 0.00000122. The van der Waals surface area contributed by atoms with Crippen LogP contribution in [0.4, 0.5) is 5.69 Å². The molecular formula is C17H30N2O2. The van der Waals surface area contributed by atoms with Gasteiger partial charge in [-0.25, -0.2) is 0 Å². The minimum atomic E-state index is -0.362. The number of nitro benzene ring substituents is 1. The van der Waals surface area contributed by atoms with Gasteiger partial charge in [-0.15, -0.1) is 0 Å². The molecule has 0 saturated carbocycles. The van der Waals surface area contributed by atoms with E-state index in [9.17, 15) is 10.1 Å². The maximum Gasteiger partial charge on any atom is 0.269 e. The third-order valence-electron chi connectivity index (χ3n) is 3.30. The highest BCUT2D eigenvalue weighted by Gasteiger charge is 2.12. The van der Waals surface area contributed by atoms with E-state index in [1.807, 2.05) is 12.1 Å². The molecule has 0 saturated heterocycles. The summed E-state index contributed by atoms with van der Waals surface area (Å²) < 4.78 is 0. The first-order chi connectivity index (χ1) is 9.99. The first kappa shape index (κ1) is 19.6. The van der Waals surface area contributed by atoms with E-state index in [-0.39, 0.29) is 10.6 Å². The number of hydrogen-bond donors (Lipinski definition) is 0. The Hall–Kier alpha value is -1.42. The average molecular weight is 294 g/mol. The van der Waals surface area contributed by atoms with Crippen molar-refractivity contribution in [3.8, 4) is 0 Å². The van der Waals surface area contributed by atoms with Crippen LogP contribution in [0, 0.1) is 10.1 Å². The number of non-ortho nitro benzene ring substituents is 1. The Morgan fingerprint density at radius 1 is 1.14 bits per heavy atom. The second-order valence-electron chi connectivity index (χ2n) is 5.40. The third-order valence-corrected chi connectivity index (χ3v) is 3.30. The van der Waals surface area contributed by atoms with Crippen molar-refractivity contribution in [3.63, 3.8) is 0 Å². The Labute approximate surface area is 129 Å². The molecule has 4 heteroatoms. The van der Waals surface area contributed by atoms with Gasteiger partial charge in [0.25, 0.3) is 5.69 Å². The zero-order valence-corrected chi connectivity index (χ0v) is 14.1. The highest BCUT2D eigenvalue weighted by molar-refractivity contribution is 5.32. The number of hydrogen-bond acceptors (Lipinski definition) is 3. The van der Waals surface area contributed by atoms with Gasteiger partial charge < -0.3 is 0 Å². The molecule has 0 heterocycles. The van der Waals surface area contributed by atoms with Crippen molar-refractivity contribution in [1.82, 2.24) is 4.90 Å². The zero-order valence-electron chi connectivity index (χ0n) is 14.1. The van der Waals surface area contributed by atoms with Gasteiger partial charge >= 0.3 is 0 Å². The molecule has 4 nitrogen and oxygen atoms in total. The van der Waals surface area contributed by atoms with Crippen molar-refractivity contribution in [2.24, 2.45) is 0 Å². The van der Waals surface area contributed by atoms with E-state index in [0.29, 0.717) is 6.04 Å². The summed E-state index contributed by atoms with van der Waals surface area (Å²) in [6.45, 7) is 9.49. The van der Waals surface area contributed by atoms with Crippen LogP contribution in [0.1, 0.15) is 58.9 Å². The molecule has 1 aromatic rings. The van der Waals surface area contributed by atoms with Crippen molar-refractivity contribution in [2.45, 2.75) is 66.0 Å². The summed E-state index contributed by atoms with van der Waals surface area (Å²) >= 11 is 0. The fraction of sp³-hybridized carbons (Fsp3) is 0.647. The molecular weight excluding hydrogens is 264 g/mol. The van der Waals surface area contributed by atoms with Gasteiger partial charge in [0.05, 0.1) is 4.92 Å². The predicted octanol–water partition coefficient (Wildman–Crippen LogP) is 5.02. The van der Waals surface area contributed by atoms with Gasteiger partial charge in [-0.1, -0.05) is 52.7 Å². The fourth-order valence-corrected chi connectivity index (χ4v) is 2.21. The van der Waals surface area contributed by atoms with E-state index in [1.54, 1.807) is 12.1 Å². The molecule has 1 rings (SSSR count). The highest BCUT2D eigenvalue weighted by Crippen LogP contribution is 2.16. The molecule has 0 spiro atoms. The topological polar surface area (TPSA) is 46.4 Å². The lowest BCUT2D eigenvalue weighted by molar-refractivity contribution is -0.384. The normalized spacial score (nSPS) is 11.7. The van der Waals surface area contributed by atoms with E-state index in [4.69, 9.17) is 0 Å². The van der Waals surface area contributed by atoms with Crippen LogP contribution in [0.5, 0.6) is 0 Å². The SMILES string of the molecule is CCC.CCCC(CC)N(C)Cc1ccc([N+](=O)[O-])cc1. The first-order valence-corrected chi connectivity index (χ1v) is 7.93. The van der Waals surface area contributed by atoms with Crippen LogP contribution in [0.15, 0.2) is 24.3 Å². The lowest BCUT2D eigenvalue weighted by Crippen LogP contribution is -2.30. The van der Waals surface area contributed by atoms with E-state index < -0.39 is 0 Å². The zero-order chi connectivity index (χ0) is 16.3. The number of nitro groups is 1. The lowest BCUT2D eigenvalue weighted by Gasteiger charge is -2.26. The summed E-state index contributed by atoms with van der Waals surface area (Å²) in [4.78, 5) is 12.5. The van der Waals surface area contributed by atoms with Gasteiger partial charge in [0.1, 0.15) is 0 Å². The molecule has 21 heavy (non-hydrogen) atoms. The van der Waals surface area contributed by atoms with Gasteiger partial charge in [0.2, 0.25) is 0 Å². The van der Waals surface area contributed by atoms with Gasteiger partial charge in [-0.05, 0) is 25.5 Å². The Morgan fingerprint density at radius 3 is 2.05 bits per heavy atom. The van der Waals surface area contributed by atoms with Crippen LogP contribution in [-0.2, 0) is 6.54 Å². The number of nitrogens with zero attached hydrogens (tertiary/aromatic N) is 2. The van der Waals surface area contributed by atoms with Crippen molar-refractivity contribution in [1.29, 1.82) is 0 Å². The minimum absolute atomic E-state index is 0.155. The Bertz CT molecular complexity index is 390. The molecule has 0 amide bonds. The van der Waals surface area contributed by atoms with Gasteiger partial charge in [0.15, 0.2) is 0 Å². The van der Waals surface area contributed by atoms with E-state index >= 15 is 0 Å². The summed E-state index contributed by atoms with van der Waals surface area (Å²) in [6.07, 6.45) is 4.76. The molecule has 0 fully saturated rings. The fourth-order valence-electron chi connectivity index (χ4n) is 2.21. The van der Waals surface area contributed by atoms with Crippen LogP contribution in [-0.4, -0.2) is 22.9 Å². The number of rotatable bonds is 7. The average Bonchev–Trinajstić information content (AvgIpc) is 2.46. The molecule has 0 aliphatic rings. The molecule has 0 radical (unpaired) electrons. The van der Waals surface area contributed by atoms with E-state index in [2.05, 4.69) is 39.6 Å². The molecule has 120 valence electrons. The van der Waals surface area contributed by atoms with Crippen molar-refractivity contribution in [3.05, 3.63) is 39.9 Å². The van der Waals surface area contributed by atoms with E-state index in [0.717, 1.165) is 18.5 Å². The quantitative estimate of drug-likeness (QED) is 0.524. The molecule has 0 aromatic heterocycles. The van der Waals surface area contributed by atoms with Gasteiger partial charge in [-0.2, -0.15) is 0 Å². The van der Waals surface area contributed by atoms with Crippen LogP contribution in [0.25, 0.3) is 0 Å². The first-order valence-electron chi connectivity index (χ1n) is 7.93. The minimum Gasteiger partial charge on any atom is -0.299 e. The molecule has 1 atom stereocenters.